The zero-order valence-corrected chi connectivity index (χ0v) is 10.5. The first-order valence-corrected chi connectivity index (χ1v) is 5.56. The Kier molecular flexibility index (Phi) is 3.85. The molecule has 1 rings (SSSR count). The minimum absolute atomic E-state index is 0.117. The van der Waals surface area contributed by atoms with Gasteiger partial charge in [0.15, 0.2) is 0 Å². The Morgan fingerprint density at radius 1 is 1.44 bits per heavy atom. The molecule has 1 amide bonds. The third-order valence-electron chi connectivity index (χ3n) is 2.19. The van der Waals surface area contributed by atoms with E-state index in [0.29, 0.717) is 0 Å². The third-order valence-corrected chi connectivity index (χ3v) is 2.49. The monoisotopic (exact) mass is 247 g/mol. The summed E-state index contributed by atoms with van der Waals surface area (Å²) in [5, 5.41) is 9.00. The van der Waals surface area contributed by atoms with Crippen LogP contribution in [-0.2, 0) is 9.53 Å². The van der Waals surface area contributed by atoms with Gasteiger partial charge in [-0.3, -0.25) is 9.69 Å². The van der Waals surface area contributed by atoms with E-state index in [0.717, 1.165) is 0 Å². The number of β-amino-alcohol motifs (C(OH)–C–C–N with tert-alkyl or cyclic N) is 1. The molecule has 0 aromatic rings. The maximum atomic E-state index is 11.7. The topological polar surface area (TPSA) is 66.8 Å². The molecule has 0 aromatic heterocycles. The van der Waals surface area contributed by atoms with E-state index in [1.807, 2.05) is 0 Å². The quantitative estimate of drug-likeness (QED) is 0.673. The molecule has 5 nitrogen and oxygen atoms in total. The Morgan fingerprint density at radius 2 is 2.00 bits per heavy atom. The molecule has 2 atom stereocenters. The highest BCUT2D eigenvalue weighted by atomic mass is 32.1. The predicted octanol–water partition coefficient (Wildman–Crippen LogP) is 0.813. The normalized spacial score (nSPS) is 25.7. The first kappa shape index (κ1) is 13.3. The molecule has 0 saturated carbocycles. The summed E-state index contributed by atoms with van der Waals surface area (Å²) in [7, 11) is 0. The van der Waals surface area contributed by atoms with Crippen molar-refractivity contribution in [3.05, 3.63) is 0 Å². The SMILES string of the molecule is CC(C)(C)OC(=O)N1C[C@H](O)C[C@H]1C(=O)S. The number of aliphatic hydroxyl groups is 1. The number of thiol groups is 1. The molecule has 0 aromatic carbocycles. The van der Waals surface area contributed by atoms with Crippen LogP contribution < -0.4 is 0 Å². The van der Waals surface area contributed by atoms with Crippen molar-refractivity contribution in [2.24, 2.45) is 0 Å². The van der Waals surface area contributed by atoms with Crippen LogP contribution in [0.3, 0.4) is 0 Å². The van der Waals surface area contributed by atoms with Crippen molar-refractivity contribution in [3.8, 4) is 0 Å². The third kappa shape index (κ3) is 3.38. The van der Waals surface area contributed by atoms with Crippen molar-refractivity contribution in [1.82, 2.24) is 4.90 Å². The average Bonchev–Trinajstić information content (AvgIpc) is 2.44. The van der Waals surface area contributed by atoms with E-state index < -0.39 is 29.0 Å². The molecule has 92 valence electrons. The lowest BCUT2D eigenvalue weighted by Crippen LogP contribution is -2.42. The van der Waals surface area contributed by atoms with E-state index in [1.54, 1.807) is 20.8 Å². The second-order valence-electron chi connectivity index (χ2n) is 4.88. The van der Waals surface area contributed by atoms with Gasteiger partial charge >= 0.3 is 6.09 Å². The molecule has 0 spiro atoms. The molecule has 1 aliphatic heterocycles. The Bertz CT molecular complexity index is 300. The fraction of sp³-hybridized carbons (Fsp3) is 0.800. The number of likely N-dealkylation sites (tertiary alicyclic amines) is 1. The van der Waals surface area contributed by atoms with Gasteiger partial charge in [-0.15, -0.1) is 12.6 Å². The Morgan fingerprint density at radius 3 is 2.44 bits per heavy atom. The fourth-order valence-electron chi connectivity index (χ4n) is 1.57. The summed E-state index contributed by atoms with van der Waals surface area (Å²) in [5.74, 6) is 0. The van der Waals surface area contributed by atoms with Crippen LogP contribution in [0.5, 0.6) is 0 Å². The van der Waals surface area contributed by atoms with Crippen LogP contribution in [-0.4, -0.2) is 45.5 Å². The van der Waals surface area contributed by atoms with Gasteiger partial charge in [0.1, 0.15) is 11.6 Å². The van der Waals surface area contributed by atoms with E-state index >= 15 is 0 Å². The molecular formula is C10H17NO4S. The number of amides is 1. The Hall–Kier alpha value is -0.750. The van der Waals surface area contributed by atoms with Gasteiger partial charge < -0.3 is 9.84 Å². The molecular weight excluding hydrogens is 230 g/mol. The van der Waals surface area contributed by atoms with Crippen LogP contribution in [0.1, 0.15) is 27.2 Å². The highest BCUT2D eigenvalue weighted by Gasteiger charge is 2.39. The number of hydrogen-bond donors (Lipinski definition) is 2. The summed E-state index contributed by atoms with van der Waals surface area (Å²) >= 11 is 3.70. The van der Waals surface area contributed by atoms with Crippen LogP contribution in [0.2, 0.25) is 0 Å². The number of nitrogens with zero attached hydrogens (tertiary/aromatic N) is 1. The lowest BCUT2D eigenvalue weighted by atomic mass is 10.2. The maximum absolute atomic E-state index is 11.7. The molecule has 1 aliphatic rings. The largest absolute Gasteiger partial charge is 0.444 e. The van der Waals surface area contributed by atoms with E-state index in [4.69, 9.17) is 4.74 Å². The molecule has 0 radical (unpaired) electrons. The van der Waals surface area contributed by atoms with Crippen molar-refractivity contribution in [2.45, 2.75) is 44.9 Å². The van der Waals surface area contributed by atoms with Gasteiger partial charge in [0.05, 0.1) is 12.6 Å². The summed E-state index contributed by atoms with van der Waals surface area (Å²) in [4.78, 5) is 24.1. The molecule has 0 bridgehead atoms. The number of hydrogen-bond acceptors (Lipinski definition) is 4. The van der Waals surface area contributed by atoms with Crippen molar-refractivity contribution < 1.29 is 19.4 Å². The number of carbonyl (C=O) groups is 2. The number of rotatable bonds is 1. The number of aliphatic hydroxyl groups excluding tert-OH is 1. The first-order valence-electron chi connectivity index (χ1n) is 5.11. The van der Waals surface area contributed by atoms with E-state index in [2.05, 4.69) is 12.6 Å². The highest BCUT2D eigenvalue weighted by molar-refractivity contribution is 7.96. The molecule has 0 aliphatic carbocycles. The molecule has 1 saturated heterocycles. The van der Waals surface area contributed by atoms with Gasteiger partial charge in [-0.05, 0) is 20.8 Å². The van der Waals surface area contributed by atoms with Crippen LogP contribution in [0.4, 0.5) is 4.79 Å². The van der Waals surface area contributed by atoms with Crippen LogP contribution in [0.15, 0.2) is 0 Å². The smallest absolute Gasteiger partial charge is 0.411 e. The summed E-state index contributed by atoms with van der Waals surface area (Å²) in [6.07, 6.45) is -1.05. The maximum Gasteiger partial charge on any atom is 0.411 e. The van der Waals surface area contributed by atoms with Gasteiger partial charge in [0.2, 0.25) is 5.12 Å². The molecule has 6 heteroatoms. The standard InChI is InChI=1S/C10H17NO4S/c1-10(2,3)15-9(14)11-5-6(12)4-7(11)8(13)16/h6-7,12H,4-5H2,1-3H3,(H,13,16)/t6-,7+/m1/s1. The molecule has 0 unspecified atom stereocenters. The van der Waals surface area contributed by atoms with E-state index in [1.165, 1.54) is 4.90 Å². The minimum Gasteiger partial charge on any atom is -0.444 e. The van der Waals surface area contributed by atoms with Gasteiger partial charge in [-0.1, -0.05) is 0 Å². The Balaban J connectivity index is 2.71. The van der Waals surface area contributed by atoms with Crippen LogP contribution in [0, 0.1) is 0 Å². The summed E-state index contributed by atoms with van der Waals surface area (Å²) in [5.41, 5.74) is -0.616. The highest BCUT2D eigenvalue weighted by Crippen LogP contribution is 2.22. The van der Waals surface area contributed by atoms with Crippen molar-refractivity contribution in [3.63, 3.8) is 0 Å². The molecule has 1 fully saturated rings. The van der Waals surface area contributed by atoms with E-state index in [9.17, 15) is 14.7 Å². The summed E-state index contributed by atoms with van der Waals surface area (Å²) < 4.78 is 5.14. The first-order chi connectivity index (χ1) is 7.20. The predicted molar refractivity (Wildman–Crippen MR) is 61.3 cm³/mol. The number of carbonyl (C=O) groups excluding carboxylic acids is 2. The average molecular weight is 247 g/mol. The van der Waals surface area contributed by atoms with Crippen LogP contribution in [0.25, 0.3) is 0 Å². The van der Waals surface area contributed by atoms with Gasteiger partial charge in [-0.2, -0.15) is 0 Å². The summed E-state index contributed by atoms with van der Waals surface area (Å²) in [6.45, 7) is 5.35. The summed E-state index contributed by atoms with van der Waals surface area (Å²) in [6, 6.07) is -0.687. The molecule has 1 N–H and O–H groups in total. The van der Waals surface area contributed by atoms with Gasteiger partial charge in [0, 0.05) is 6.42 Å². The van der Waals surface area contributed by atoms with Crippen molar-refractivity contribution in [1.29, 1.82) is 0 Å². The second kappa shape index (κ2) is 4.63. The lowest BCUT2D eigenvalue weighted by Gasteiger charge is -2.26. The number of ether oxygens (including phenoxy) is 1. The molecule has 16 heavy (non-hydrogen) atoms. The van der Waals surface area contributed by atoms with Crippen molar-refractivity contribution >= 4 is 23.8 Å². The fourth-order valence-corrected chi connectivity index (χ4v) is 1.82. The second-order valence-corrected chi connectivity index (χ2v) is 5.32. The lowest BCUT2D eigenvalue weighted by molar-refractivity contribution is -0.114. The zero-order chi connectivity index (χ0) is 12.5. The van der Waals surface area contributed by atoms with Gasteiger partial charge in [0.25, 0.3) is 0 Å². The van der Waals surface area contributed by atoms with Crippen LogP contribution >= 0.6 is 12.6 Å². The van der Waals surface area contributed by atoms with Crippen molar-refractivity contribution in [2.75, 3.05) is 6.54 Å². The minimum atomic E-state index is -0.687. The molecule has 1 heterocycles. The van der Waals surface area contributed by atoms with Gasteiger partial charge in [-0.25, -0.2) is 4.79 Å². The Labute approximate surface area is 100 Å². The zero-order valence-electron chi connectivity index (χ0n) is 9.64. The van der Waals surface area contributed by atoms with E-state index in [-0.39, 0.29) is 13.0 Å².